The molecule has 1 aromatic carbocycles. The zero-order valence-electron chi connectivity index (χ0n) is 7.64. The van der Waals surface area contributed by atoms with Crippen LogP contribution in [0.2, 0.25) is 0 Å². The highest BCUT2D eigenvalue weighted by Gasteiger charge is 1.94. The molecule has 0 aliphatic heterocycles. The molecule has 0 unspecified atom stereocenters. The molecule has 0 saturated heterocycles. The molecule has 0 radical (unpaired) electrons. The van der Waals surface area contributed by atoms with E-state index < -0.39 is 10.0 Å². The van der Waals surface area contributed by atoms with Gasteiger partial charge in [-0.05, 0) is 12.1 Å². The summed E-state index contributed by atoms with van der Waals surface area (Å²) in [5, 5.41) is 0. The average Bonchev–Trinajstić information content (AvgIpc) is 2.13. The number of hydrogen-bond donors (Lipinski definition) is 2. The Morgan fingerprint density at radius 1 is 1.29 bits per heavy atom. The summed E-state index contributed by atoms with van der Waals surface area (Å²) in [6.45, 7) is 0. The standard InChI is InChI=1S/C8H11N3O2S/c1-14(12,13)11-10-7-9-8-5-3-2-4-6-8/h2-7,11H,1H3,(H,9,10). The summed E-state index contributed by atoms with van der Waals surface area (Å²) in [5.74, 6) is 0. The summed E-state index contributed by atoms with van der Waals surface area (Å²) >= 11 is 0. The Hall–Kier alpha value is -1.40. The second kappa shape index (κ2) is 4.73. The number of aliphatic imine (C=N–C) groups is 1. The fraction of sp³-hybridized carbons (Fsp3) is 0.125. The van der Waals surface area contributed by atoms with E-state index in [9.17, 15) is 8.42 Å². The normalized spacial score (nSPS) is 11.8. The monoisotopic (exact) mass is 213 g/mol. The molecule has 0 fully saturated rings. The lowest BCUT2D eigenvalue weighted by Gasteiger charge is -1.98. The molecule has 6 heteroatoms. The summed E-state index contributed by atoms with van der Waals surface area (Å²) < 4.78 is 21.2. The van der Waals surface area contributed by atoms with Crippen LogP contribution < -0.4 is 10.3 Å². The van der Waals surface area contributed by atoms with E-state index in [1.54, 1.807) is 12.1 Å². The Morgan fingerprint density at radius 3 is 2.50 bits per heavy atom. The molecule has 1 aromatic rings. The lowest BCUT2D eigenvalue weighted by molar-refractivity contribution is 0.584. The van der Waals surface area contributed by atoms with Crippen LogP contribution in [0.25, 0.3) is 0 Å². The molecule has 76 valence electrons. The number of benzene rings is 1. The Kier molecular flexibility index (Phi) is 3.61. The van der Waals surface area contributed by atoms with Gasteiger partial charge in [0.2, 0.25) is 10.0 Å². The maximum absolute atomic E-state index is 10.6. The van der Waals surface area contributed by atoms with Gasteiger partial charge >= 0.3 is 0 Å². The zero-order valence-corrected chi connectivity index (χ0v) is 8.45. The highest BCUT2D eigenvalue weighted by molar-refractivity contribution is 7.88. The van der Waals surface area contributed by atoms with Crippen molar-refractivity contribution in [2.24, 2.45) is 4.99 Å². The van der Waals surface area contributed by atoms with Crippen molar-refractivity contribution in [1.29, 1.82) is 0 Å². The third-order valence-electron chi connectivity index (χ3n) is 1.28. The van der Waals surface area contributed by atoms with E-state index in [0.717, 1.165) is 11.9 Å². The molecular weight excluding hydrogens is 202 g/mol. The molecule has 0 aromatic heterocycles. The van der Waals surface area contributed by atoms with Gasteiger partial charge in [-0.25, -0.2) is 13.4 Å². The summed E-state index contributed by atoms with van der Waals surface area (Å²) in [5.41, 5.74) is 3.09. The van der Waals surface area contributed by atoms with Gasteiger partial charge in [0.1, 0.15) is 6.34 Å². The summed E-state index contributed by atoms with van der Waals surface area (Å²) in [4.78, 5) is 6.01. The van der Waals surface area contributed by atoms with Gasteiger partial charge in [0, 0.05) is 0 Å². The van der Waals surface area contributed by atoms with Crippen LogP contribution in [0.3, 0.4) is 0 Å². The molecule has 0 aliphatic rings. The smallest absolute Gasteiger partial charge is 0.225 e. The third-order valence-corrected chi connectivity index (χ3v) is 1.77. The maximum atomic E-state index is 10.6. The quantitative estimate of drug-likeness (QED) is 0.432. The summed E-state index contributed by atoms with van der Waals surface area (Å²) in [7, 11) is -3.23. The fourth-order valence-electron chi connectivity index (χ4n) is 0.754. The Balaban J connectivity index is 2.43. The molecule has 0 aliphatic carbocycles. The van der Waals surface area contributed by atoms with Crippen molar-refractivity contribution in [2.75, 3.05) is 6.26 Å². The minimum Gasteiger partial charge on any atom is -0.298 e. The molecule has 0 atom stereocenters. The lowest BCUT2D eigenvalue weighted by atomic mass is 10.3. The zero-order chi connectivity index (χ0) is 10.4. The van der Waals surface area contributed by atoms with Crippen molar-refractivity contribution in [3.05, 3.63) is 30.3 Å². The molecule has 0 saturated carbocycles. The third kappa shape index (κ3) is 4.58. The topological polar surface area (TPSA) is 70.6 Å². The van der Waals surface area contributed by atoms with Crippen LogP contribution >= 0.6 is 0 Å². The number of hydrazine groups is 1. The Morgan fingerprint density at radius 2 is 1.93 bits per heavy atom. The van der Waals surface area contributed by atoms with E-state index >= 15 is 0 Å². The predicted octanol–water partition coefficient (Wildman–Crippen LogP) is 0.400. The second-order valence-corrected chi connectivity index (χ2v) is 4.36. The van der Waals surface area contributed by atoms with Crippen molar-refractivity contribution in [3.63, 3.8) is 0 Å². The Bertz CT molecular complexity index is 400. The van der Waals surface area contributed by atoms with Gasteiger partial charge in [-0.2, -0.15) is 0 Å². The van der Waals surface area contributed by atoms with E-state index in [1.807, 2.05) is 18.2 Å². The van der Waals surface area contributed by atoms with Gasteiger partial charge < -0.3 is 0 Å². The first-order chi connectivity index (χ1) is 6.58. The summed E-state index contributed by atoms with van der Waals surface area (Å²) in [6, 6.07) is 9.17. The Labute approximate surface area is 82.9 Å². The van der Waals surface area contributed by atoms with Crippen LogP contribution in [0.15, 0.2) is 35.3 Å². The van der Waals surface area contributed by atoms with Crippen LogP contribution in [-0.2, 0) is 10.0 Å². The van der Waals surface area contributed by atoms with E-state index in [-0.39, 0.29) is 0 Å². The molecule has 1 rings (SSSR count). The SMILES string of the molecule is CS(=O)(=O)NNC=Nc1ccccc1. The van der Waals surface area contributed by atoms with Crippen molar-refractivity contribution in [1.82, 2.24) is 10.3 Å². The average molecular weight is 213 g/mol. The molecule has 2 N–H and O–H groups in total. The van der Waals surface area contributed by atoms with Crippen LogP contribution in [0, 0.1) is 0 Å². The first-order valence-corrected chi connectivity index (χ1v) is 5.77. The van der Waals surface area contributed by atoms with Crippen LogP contribution in [-0.4, -0.2) is 21.0 Å². The second-order valence-electron chi connectivity index (χ2n) is 2.61. The van der Waals surface area contributed by atoms with Gasteiger partial charge in [0.15, 0.2) is 0 Å². The first-order valence-electron chi connectivity index (χ1n) is 3.88. The predicted molar refractivity (Wildman–Crippen MR) is 55.7 cm³/mol. The number of hydrogen-bond acceptors (Lipinski definition) is 3. The molecule has 5 nitrogen and oxygen atoms in total. The van der Waals surface area contributed by atoms with Gasteiger partial charge in [-0.3, -0.25) is 5.43 Å². The maximum Gasteiger partial charge on any atom is 0.225 e. The van der Waals surface area contributed by atoms with Gasteiger partial charge in [-0.1, -0.05) is 18.2 Å². The van der Waals surface area contributed by atoms with Gasteiger partial charge in [0.05, 0.1) is 11.9 Å². The number of para-hydroxylation sites is 1. The van der Waals surface area contributed by atoms with Crippen LogP contribution in [0.4, 0.5) is 5.69 Å². The lowest BCUT2D eigenvalue weighted by Crippen LogP contribution is -2.35. The minimum absolute atomic E-state index is 0.746. The van der Waals surface area contributed by atoms with E-state index in [4.69, 9.17) is 0 Å². The van der Waals surface area contributed by atoms with Gasteiger partial charge in [-0.15, -0.1) is 4.83 Å². The number of nitrogens with one attached hydrogen (secondary N) is 2. The van der Waals surface area contributed by atoms with Crippen molar-refractivity contribution < 1.29 is 8.42 Å². The molecule has 0 heterocycles. The molecule has 0 bridgehead atoms. The van der Waals surface area contributed by atoms with Crippen LogP contribution in [0.5, 0.6) is 0 Å². The fourth-order valence-corrected chi connectivity index (χ4v) is 1.02. The molecular formula is C8H11N3O2S. The molecule has 0 amide bonds. The molecule has 14 heavy (non-hydrogen) atoms. The van der Waals surface area contributed by atoms with Crippen molar-refractivity contribution >= 4 is 22.0 Å². The molecule has 0 spiro atoms. The number of rotatable bonds is 4. The van der Waals surface area contributed by atoms with E-state index in [0.29, 0.717) is 0 Å². The largest absolute Gasteiger partial charge is 0.298 e. The van der Waals surface area contributed by atoms with Gasteiger partial charge in [0.25, 0.3) is 0 Å². The van der Waals surface area contributed by atoms with Crippen molar-refractivity contribution in [3.8, 4) is 0 Å². The highest BCUT2D eigenvalue weighted by Crippen LogP contribution is 2.07. The van der Waals surface area contributed by atoms with E-state index in [1.165, 1.54) is 6.34 Å². The number of sulfonamides is 1. The minimum atomic E-state index is -3.23. The first kappa shape index (κ1) is 10.7. The van der Waals surface area contributed by atoms with Crippen molar-refractivity contribution in [2.45, 2.75) is 0 Å². The van der Waals surface area contributed by atoms with Crippen LogP contribution in [0.1, 0.15) is 0 Å². The highest BCUT2D eigenvalue weighted by atomic mass is 32.2. The summed E-state index contributed by atoms with van der Waals surface area (Å²) in [6.07, 6.45) is 2.33. The van der Waals surface area contributed by atoms with E-state index in [2.05, 4.69) is 15.2 Å². The number of nitrogens with zero attached hydrogens (tertiary/aromatic N) is 1.